The molecular formula is C12H14F2N2O2. The number of hydrogen-bond acceptors (Lipinski definition) is 3. The molecule has 18 heavy (non-hydrogen) atoms. The fraction of sp³-hybridized carbons (Fsp3) is 0.417. The monoisotopic (exact) mass is 256 g/mol. The molecule has 1 aromatic rings. The van der Waals surface area contributed by atoms with Crippen LogP contribution in [0.5, 0.6) is 0 Å². The number of halogens is 2. The zero-order chi connectivity index (χ0) is 13.3. The average Bonchev–Trinajstić information content (AvgIpc) is 2.32. The van der Waals surface area contributed by atoms with Crippen LogP contribution in [0, 0.1) is 11.6 Å². The van der Waals surface area contributed by atoms with Crippen molar-refractivity contribution in [3.8, 4) is 0 Å². The molecule has 2 rings (SSSR count). The SMILES string of the molecule is NC1CCCN(c2ccc(C(=O)O)c(F)c2F)C1. The summed E-state index contributed by atoms with van der Waals surface area (Å²) in [5, 5.41) is 8.69. The molecule has 1 aliphatic rings. The second-order valence-corrected chi connectivity index (χ2v) is 4.41. The first-order valence-electron chi connectivity index (χ1n) is 5.72. The Balaban J connectivity index is 2.34. The number of carboxylic acids is 1. The zero-order valence-electron chi connectivity index (χ0n) is 9.70. The predicted octanol–water partition coefficient (Wildman–Crippen LogP) is 1.59. The van der Waals surface area contributed by atoms with Gasteiger partial charge < -0.3 is 15.7 Å². The van der Waals surface area contributed by atoms with Gasteiger partial charge in [-0.25, -0.2) is 13.6 Å². The van der Waals surface area contributed by atoms with Crippen molar-refractivity contribution in [1.29, 1.82) is 0 Å². The molecule has 3 N–H and O–H groups in total. The van der Waals surface area contributed by atoms with Crippen LogP contribution in [0.1, 0.15) is 23.2 Å². The molecule has 0 aromatic heterocycles. The van der Waals surface area contributed by atoms with Crippen LogP contribution in [0.3, 0.4) is 0 Å². The quantitative estimate of drug-likeness (QED) is 0.843. The van der Waals surface area contributed by atoms with E-state index in [-0.39, 0.29) is 11.7 Å². The largest absolute Gasteiger partial charge is 0.478 e. The van der Waals surface area contributed by atoms with Crippen molar-refractivity contribution in [2.24, 2.45) is 5.73 Å². The zero-order valence-corrected chi connectivity index (χ0v) is 9.70. The first kappa shape index (κ1) is 12.8. The Bertz CT molecular complexity index is 479. The van der Waals surface area contributed by atoms with Crippen LogP contribution in [-0.4, -0.2) is 30.2 Å². The van der Waals surface area contributed by atoms with Gasteiger partial charge in [0.2, 0.25) is 0 Å². The lowest BCUT2D eigenvalue weighted by atomic mass is 10.0. The number of nitrogens with two attached hydrogens (primary N) is 1. The van der Waals surface area contributed by atoms with E-state index in [4.69, 9.17) is 10.8 Å². The van der Waals surface area contributed by atoms with Gasteiger partial charge in [-0.3, -0.25) is 0 Å². The van der Waals surface area contributed by atoms with Crippen LogP contribution >= 0.6 is 0 Å². The lowest BCUT2D eigenvalue weighted by Crippen LogP contribution is -2.43. The van der Waals surface area contributed by atoms with Gasteiger partial charge in [0.15, 0.2) is 11.6 Å². The lowest BCUT2D eigenvalue weighted by molar-refractivity contribution is 0.0690. The van der Waals surface area contributed by atoms with Crippen molar-refractivity contribution < 1.29 is 18.7 Å². The van der Waals surface area contributed by atoms with E-state index >= 15 is 0 Å². The van der Waals surface area contributed by atoms with Crippen molar-refractivity contribution in [3.05, 3.63) is 29.3 Å². The van der Waals surface area contributed by atoms with Gasteiger partial charge >= 0.3 is 5.97 Å². The van der Waals surface area contributed by atoms with E-state index in [1.54, 1.807) is 4.90 Å². The fourth-order valence-corrected chi connectivity index (χ4v) is 2.18. The average molecular weight is 256 g/mol. The molecule has 1 fully saturated rings. The minimum Gasteiger partial charge on any atom is -0.478 e. The molecule has 0 spiro atoms. The molecule has 0 saturated carbocycles. The van der Waals surface area contributed by atoms with Crippen LogP contribution in [0.15, 0.2) is 12.1 Å². The maximum Gasteiger partial charge on any atom is 0.338 e. The first-order valence-corrected chi connectivity index (χ1v) is 5.72. The van der Waals surface area contributed by atoms with Gasteiger partial charge in [-0.15, -0.1) is 0 Å². The van der Waals surface area contributed by atoms with E-state index in [0.717, 1.165) is 18.9 Å². The summed E-state index contributed by atoms with van der Waals surface area (Å²) >= 11 is 0. The van der Waals surface area contributed by atoms with Gasteiger partial charge in [-0.2, -0.15) is 0 Å². The molecule has 1 unspecified atom stereocenters. The fourth-order valence-electron chi connectivity index (χ4n) is 2.18. The number of anilines is 1. The highest BCUT2D eigenvalue weighted by molar-refractivity contribution is 5.88. The number of aromatic carboxylic acids is 1. The Morgan fingerprint density at radius 1 is 1.39 bits per heavy atom. The lowest BCUT2D eigenvalue weighted by Gasteiger charge is -2.32. The second kappa shape index (κ2) is 4.89. The maximum atomic E-state index is 13.8. The molecule has 4 nitrogen and oxygen atoms in total. The minimum atomic E-state index is -1.48. The Morgan fingerprint density at radius 3 is 2.72 bits per heavy atom. The summed E-state index contributed by atoms with van der Waals surface area (Å²) in [4.78, 5) is 12.3. The molecule has 1 aromatic carbocycles. The first-order chi connectivity index (χ1) is 8.50. The highest BCUT2D eigenvalue weighted by Crippen LogP contribution is 2.26. The summed E-state index contributed by atoms with van der Waals surface area (Å²) in [6.45, 7) is 1.04. The van der Waals surface area contributed by atoms with Crippen LogP contribution in [0.4, 0.5) is 14.5 Å². The molecule has 0 amide bonds. The van der Waals surface area contributed by atoms with Gasteiger partial charge in [-0.1, -0.05) is 0 Å². The van der Waals surface area contributed by atoms with Crippen molar-refractivity contribution in [2.45, 2.75) is 18.9 Å². The molecular weight excluding hydrogens is 242 g/mol. The normalized spacial score (nSPS) is 19.9. The van der Waals surface area contributed by atoms with E-state index in [1.165, 1.54) is 6.07 Å². The van der Waals surface area contributed by atoms with Gasteiger partial charge in [-0.05, 0) is 25.0 Å². The summed E-state index contributed by atoms with van der Waals surface area (Å²) in [6.07, 6.45) is 1.66. The third-order valence-electron chi connectivity index (χ3n) is 3.09. The number of piperidine rings is 1. The molecule has 1 aliphatic heterocycles. The summed E-state index contributed by atoms with van der Waals surface area (Å²) in [7, 11) is 0. The highest BCUT2D eigenvalue weighted by Gasteiger charge is 2.24. The predicted molar refractivity (Wildman–Crippen MR) is 62.7 cm³/mol. The Hall–Kier alpha value is -1.69. The van der Waals surface area contributed by atoms with E-state index in [0.29, 0.717) is 13.1 Å². The van der Waals surface area contributed by atoms with Crippen molar-refractivity contribution >= 4 is 11.7 Å². The number of nitrogens with zero attached hydrogens (tertiary/aromatic N) is 1. The minimum absolute atomic E-state index is 0.0691. The number of carbonyl (C=O) groups is 1. The smallest absolute Gasteiger partial charge is 0.338 e. The van der Waals surface area contributed by atoms with Gasteiger partial charge in [0.25, 0.3) is 0 Å². The highest BCUT2D eigenvalue weighted by atomic mass is 19.2. The summed E-state index contributed by atoms with van der Waals surface area (Å²) in [5.74, 6) is -3.92. The van der Waals surface area contributed by atoms with Crippen LogP contribution in [0.2, 0.25) is 0 Å². The van der Waals surface area contributed by atoms with E-state index in [1.807, 2.05) is 0 Å². The topological polar surface area (TPSA) is 66.6 Å². The molecule has 0 bridgehead atoms. The van der Waals surface area contributed by atoms with Gasteiger partial charge in [0, 0.05) is 19.1 Å². The Morgan fingerprint density at radius 2 is 2.11 bits per heavy atom. The molecule has 1 heterocycles. The molecule has 0 aliphatic carbocycles. The van der Waals surface area contributed by atoms with Gasteiger partial charge in [0.1, 0.15) is 0 Å². The number of rotatable bonds is 2. The number of hydrogen-bond donors (Lipinski definition) is 2. The van der Waals surface area contributed by atoms with Gasteiger partial charge in [0.05, 0.1) is 11.3 Å². The third-order valence-corrected chi connectivity index (χ3v) is 3.09. The molecule has 1 atom stereocenters. The van der Waals surface area contributed by atoms with Crippen molar-refractivity contribution in [3.63, 3.8) is 0 Å². The van der Waals surface area contributed by atoms with E-state index < -0.39 is 23.2 Å². The number of carboxylic acid groups (broad SMARTS) is 1. The molecule has 6 heteroatoms. The second-order valence-electron chi connectivity index (χ2n) is 4.41. The van der Waals surface area contributed by atoms with Crippen LogP contribution in [-0.2, 0) is 0 Å². The number of benzene rings is 1. The Kier molecular flexibility index (Phi) is 3.47. The summed E-state index contributed by atoms with van der Waals surface area (Å²) < 4.78 is 27.4. The molecule has 1 saturated heterocycles. The summed E-state index contributed by atoms with van der Waals surface area (Å²) in [6, 6.07) is 2.30. The van der Waals surface area contributed by atoms with Crippen LogP contribution in [0.25, 0.3) is 0 Å². The maximum absolute atomic E-state index is 13.8. The van der Waals surface area contributed by atoms with E-state index in [9.17, 15) is 13.6 Å². The third kappa shape index (κ3) is 2.28. The van der Waals surface area contributed by atoms with Crippen LogP contribution < -0.4 is 10.6 Å². The summed E-state index contributed by atoms with van der Waals surface area (Å²) in [5.41, 5.74) is 5.20. The van der Waals surface area contributed by atoms with Crippen molar-refractivity contribution in [1.82, 2.24) is 0 Å². The molecule has 0 radical (unpaired) electrons. The van der Waals surface area contributed by atoms with E-state index in [2.05, 4.69) is 0 Å². The Labute approximate surface area is 103 Å². The molecule has 98 valence electrons. The van der Waals surface area contributed by atoms with Crippen molar-refractivity contribution in [2.75, 3.05) is 18.0 Å². The standard InChI is InChI=1S/C12H14F2N2O2/c13-10-8(12(17)18)3-4-9(11(10)14)16-5-1-2-7(15)6-16/h3-4,7H,1-2,5-6,15H2,(H,17,18).